The number of amides is 1. The summed E-state index contributed by atoms with van der Waals surface area (Å²) in [6.07, 6.45) is -11.2. The van der Waals surface area contributed by atoms with E-state index < -0.39 is 74.9 Å². The monoisotopic (exact) mass is 688 g/mol. The van der Waals surface area contributed by atoms with Crippen LogP contribution < -0.4 is 14.5 Å². The highest BCUT2D eigenvalue weighted by atomic mass is 32.2. The summed E-state index contributed by atoms with van der Waals surface area (Å²) in [6, 6.07) is 11.4. The van der Waals surface area contributed by atoms with E-state index in [9.17, 15) is 44.3 Å². The highest BCUT2D eigenvalue weighted by Gasteiger charge is 2.38. The van der Waals surface area contributed by atoms with Crippen LogP contribution in [-0.4, -0.2) is 38.5 Å². The number of hydroxylamine groups is 1. The molecular weight excluding hydrogens is 658 g/mol. The average Bonchev–Trinajstić information content (AvgIpc) is 2.95. The number of carbonyl (C=O) groups is 2. The fourth-order valence-corrected chi connectivity index (χ4v) is 6.09. The van der Waals surface area contributed by atoms with Crippen LogP contribution in [0.5, 0.6) is 5.75 Å². The van der Waals surface area contributed by atoms with Gasteiger partial charge in [0.25, 0.3) is 10.0 Å². The van der Waals surface area contributed by atoms with Crippen molar-refractivity contribution in [1.82, 2.24) is 5.48 Å². The third kappa shape index (κ3) is 9.38. The normalized spacial score (nSPS) is 15.4. The number of alkyl halides is 6. The number of anilines is 1. The number of carbonyl (C=O) groups excluding carboxylic acids is 2. The highest BCUT2D eigenvalue weighted by molar-refractivity contribution is 7.92. The minimum Gasteiger partial charge on any atom is -0.486 e. The molecule has 0 aromatic heterocycles. The van der Waals surface area contributed by atoms with Crippen molar-refractivity contribution in [3.05, 3.63) is 89.0 Å². The number of nitrogens with one attached hydrogen (secondary N) is 1. The quantitative estimate of drug-likeness (QED) is 0.162. The van der Waals surface area contributed by atoms with Gasteiger partial charge in [0, 0.05) is 0 Å². The van der Waals surface area contributed by atoms with Crippen LogP contribution in [0.3, 0.4) is 0 Å². The van der Waals surface area contributed by atoms with Gasteiger partial charge in [-0.25, -0.2) is 13.9 Å². The first-order valence-electron chi connectivity index (χ1n) is 14.0. The Balaban J connectivity index is 1.55. The van der Waals surface area contributed by atoms with Gasteiger partial charge in [0.05, 0.1) is 47.7 Å². The minimum atomic E-state index is -4.82. The Morgan fingerprint density at radius 1 is 0.894 bits per heavy atom. The lowest BCUT2D eigenvalue weighted by Gasteiger charge is -2.35. The summed E-state index contributed by atoms with van der Waals surface area (Å²) in [4.78, 5) is 29.5. The highest BCUT2D eigenvalue weighted by Crippen LogP contribution is 2.39. The van der Waals surface area contributed by atoms with Crippen LogP contribution in [0.1, 0.15) is 49.4 Å². The van der Waals surface area contributed by atoms with Crippen molar-refractivity contribution in [2.75, 3.05) is 10.8 Å². The molecule has 0 fully saturated rings. The minimum absolute atomic E-state index is 0.0248. The van der Waals surface area contributed by atoms with E-state index in [1.54, 1.807) is 20.8 Å². The van der Waals surface area contributed by atoms with Gasteiger partial charge in [-0.1, -0.05) is 24.3 Å². The van der Waals surface area contributed by atoms with E-state index in [0.29, 0.717) is 17.2 Å². The van der Waals surface area contributed by atoms with E-state index in [1.165, 1.54) is 30.3 Å². The maximum absolute atomic E-state index is 13.8. The van der Waals surface area contributed by atoms with Crippen LogP contribution in [0.25, 0.3) is 0 Å². The molecule has 0 unspecified atom stereocenters. The van der Waals surface area contributed by atoms with Gasteiger partial charge in [-0.15, -0.1) is 0 Å². The molecule has 0 saturated heterocycles. The number of esters is 1. The number of sulfonamides is 1. The van der Waals surface area contributed by atoms with Gasteiger partial charge < -0.3 is 9.47 Å². The van der Waals surface area contributed by atoms with Crippen molar-refractivity contribution in [2.24, 2.45) is 0 Å². The number of fused-ring (bicyclic) bond motifs is 1. The van der Waals surface area contributed by atoms with Crippen molar-refractivity contribution in [3.8, 4) is 5.75 Å². The Bertz CT molecular complexity index is 1720. The molecule has 0 radical (unpaired) electrons. The van der Waals surface area contributed by atoms with Gasteiger partial charge >= 0.3 is 18.3 Å². The summed E-state index contributed by atoms with van der Waals surface area (Å²) in [5.74, 6) is -1.40. The summed E-state index contributed by atoms with van der Waals surface area (Å²) < 4.78 is 118. The van der Waals surface area contributed by atoms with Gasteiger partial charge in [-0.05, 0) is 74.4 Å². The average molecular weight is 689 g/mol. The zero-order valence-corrected chi connectivity index (χ0v) is 26.1. The molecule has 1 N–H and O–H groups in total. The Labute approximate surface area is 266 Å². The molecule has 9 nitrogen and oxygen atoms in total. The maximum Gasteiger partial charge on any atom is 0.416 e. The van der Waals surface area contributed by atoms with Crippen molar-refractivity contribution in [2.45, 2.75) is 69.2 Å². The summed E-state index contributed by atoms with van der Waals surface area (Å²) in [6.45, 7) is 4.23. The molecule has 3 aromatic rings. The summed E-state index contributed by atoms with van der Waals surface area (Å²) in [5, 5.41) is 0. The molecule has 1 heterocycles. The van der Waals surface area contributed by atoms with Gasteiger partial charge in [-0.2, -0.15) is 26.3 Å². The molecule has 0 saturated carbocycles. The Morgan fingerprint density at radius 2 is 1.53 bits per heavy atom. The largest absolute Gasteiger partial charge is 0.486 e. The molecule has 0 spiro atoms. The summed E-state index contributed by atoms with van der Waals surface area (Å²) in [7, 11) is -4.67. The number of halogens is 6. The van der Waals surface area contributed by atoms with Crippen LogP contribution in [0.2, 0.25) is 0 Å². The molecule has 0 bridgehead atoms. The van der Waals surface area contributed by atoms with Crippen molar-refractivity contribution < 1.29 is 58.7 Å². The number of ether oxygens (including phenoxy) is 2. The number of rotatable bonds is 9. The molecule has 1 amide bonds. The zero-order chi connectivity index (χ0) is 34.8. The summed E-state index contributed by atoms with van der Waals surface area (Å²) in [5.41, 5.74) is -0.134. The number of benzene rings is 3. The molecular formula is C31H30F6N2O7S. The lowest BCUT2D eigenvalue weighted by atomic mass is 10.1. The van der Waals surface area contributed by atoms with Crippen LogP contribution in [0, 0.1) is 0 Å². The lowest BCUT2D eigenvalue weighted by Crippen LogP contribution is -2.45. The molecule has 1 aliphatic rings. The van der Waals surface area contributed by atoms with Crippen LogP contribution in [0.15, 0.2) is 71.6 Å². The molecule has 47 heavy (non-hydrogen) atoms. The van der Waals surface area contributed by atoms with E-state index in [2.05, 4.69) is 5.48 Å². The van der Waals surface area contributed by atoms with E-state index in [0.717, 1.165) is 34.6 Å². The van der Waals surface area contributed by atoms with E-state index in [-0.39, 0.29) is 24.5 Å². The number of hydrogen-bond acceptors (Lipinski definition) is 7. The molecule has 1 atom stereocenters. The predicted octanol–water partition coefficient (Wildman–Crippen LogP) is 6.20. The van der Waals surface area contributed by atoms with E-state index in [1.807, 2.05) is 0 Å². The smallest absolute Gasteiger partial charge is 0.416 e. The van der Waals surface area contributed by atoms with Crippen LogP contribution in [-0.2, 0) is 54.6 Å². The molecule has 3 aromatic carbocycles. The maximum atomic E-state index is 13.8. The molecule has 1 aliphatic heterocycles. The topological polar surface area (TPSA) is 111 Å². The Kier molecular flexibility index (Phi) is 10.2. The zero-order valence-electron chi connectivity index (χ0n) is 25.2. The molecule has 4 rings (SSSR count). The summed E-state index contributed by atoms with van der Waals surface area (Å²) >= 11 is 0. The predicted molar refractivity (Wildman–Crippen MR) is 155 cm³/mol. The van der Waals surface area contributed by atoms with E-state index in [4.69, 9.17) is 14.3 Å². The second-order valence-corrected chi connectivity index (χ2v) is 13.4. The van der Waals surface area contributed by atoms with Crippen molar-refractivity contribution >= 4 is 27.6 Å². The van der Waals surface area contributed by atoms with Gasteiger partial charge in [0.15, 0.2) is 0 Å². The van der Waals surface area contributed by atoms with Gasteiger partial charge in [0.2, 0.25) is 5.91 Å². The standard InChI is InChI=1S/C31H30F6N2O7S/c1-29(2,3)46-28(41)14-20-9-12-26-25(13-20)39(47(42,43)24-6-4-5-22(15-24)31(35,36)37)17-23(45-26)16-27(40)38-44-18-19-7-10-21(11-8-19)30(32,33)34/h4-13,15,23H,14,16-18H2,1-3H3,(H,38,40)/t23-/m0/s1. The first-order valence-corrected chi connectivity index (χ1v) is 15.4. The molecule has 16 heteroatoms. The van der Waals surface area contributed by atoms with Crippen LogP contribution >= 0.6 is 0 Å². The fourth-order valence-electron chi connectivity index (χ4n) is 4.54. The third-order valence-electron chi connectivity index (χ3n) is 6.59. The second-order valence-electron chi connectivity index (χ2n) is 11.6. The van der Waals surface area contributed by atoms with Gasteiger partial charge in [-0.3, -0.25) is 18.7 Å². The number of hydrogen-bond donors (Lipinski definition) is 1. The molecule has 0 aliphatic carbocycles. The van der Waals surface area contributed by atoms with Gasteiger partial charge in [0.1, 0.15) is 17.5 Å². The third-order valence-corrected chi connectivity index (χ3v) is 8.37. The van der Waals surface area contributed by atoms with E-state index >= 15 is 0 Å². The first kappa shape index (κ1) is 35.5. The molecule has 254 valence electrons. The first-order chi connectivity index (χ1) is 21.7. The Morgan fingerprint density at radius 3 is 2.15 bits per heavy atom. The fraction of sp³-hybridized carbons (Fsp3) is 0.355. The lowest BCUT2D eigenvalue weighted by molar-refractivity contribution is -0.154. The Hall–Kier alpha value is -4.31. The SMILES string of the molecule is CC(C)(C)OC(=O)Cc1ccc2c(c1)N(S(=O)(=O)c1cccc(C(F)(F)F)c1)C[C@H](CC(=O)NOCc1ccc(C(F)(F)F)cc1)O2. The van der Waals surface area contributed by atoms with Crippen LogP contribution in [0.4, 0.5) is 32.0 Å². The second kappa shape index (κ2) is 13.4. The number of nitrogens with zero attached hydrogens (tertiary/aromatic N) is 1. The van der Waals surface area contributed by atoms with Crippen molar-refractivity contribution in [1.29, 1.82) is 0 Å². The van der Waals surface area contributed by atoms with Crippen molar-refractivity contribution in [3.63, 3.8) is 0 Å².